The molecule has 0 spiro atoms. The molecule has 1 saturated heterocycles. The number of fused-ring (bicyclic) bond motifs is 1. The van der Waals surface area contributed by atoms with Crippen LogP contribution in [-0.4, -0.2) is 35.1 Å². The molecule has 0 bridgehead atoms. The number of rotatable bonds is 4. The predicted octanol–water partition coefficient (Wildman–Crippen LogP) is 1.83. The van der Waals surface area contributed by atoms with Crippen LogP contribution in [0.1, 0.15) is 19.8 Å². The number of piperidine rings is 1. The highest BCUT2D eigenvalue weighted by molar-refractivity contribution is 5.73. The van der Waals surface area contributed by atoms with Gasteiger partial charge in [0.1, 0.15) is 0 Å². The number of likely N-dealkylation sites (tertiary alicyclic amines) is 1. The van der Waals surface area contributed by atoms with Gasteiger partial charge in [-0.25, -0.2) is 4.79 Å². The van der Waals surface area contributed by atoms with Crippen LogP contribution in [0.15, 0.2) is 33.5 Å². The van der Waals surface area contributed by atoms with Gasteiger partial charge in [-0.1, -0.05) is 12.1 Å². The Balaban J connectivity index is 1.76. The SMILES string of the molecule is CCOC(=O)[C@@H]1CCCN(Cn2c(=O)oc3ccccc32)C1. The first-order valence-electron chi connectivity index (χ1n) is 7.66. The minimum absolute atomic E-state index is 0.109. The minimum atomic E-state index is -0.362. The van der Waals surface area contributed by atoms with Crippen molar-refractivity contribution >= 4 is 17.1 Å². The average molecular weight is 304 g/mol. The average Bonchev–Trinajstić information content (AvgIpc) is 2.84. The largest absolute Gasteiger partial charge is 0.466 e. The lowest BCUT2D eigenvalue weighted by Crippen LogP contribution is -2.41. The van der Waals surface area contributed by atoms with Crippen molar-refractivity contribution in [2.24, 2.45) is 5.92 Å². The Labute approximate surface area is 128 Å². The summed E-state index contributed by atoms with van der Waals surface area (Å²) in [6.07, 6.45) is 1.77. The molecule has 0 N–H and O–H groups in total. The molecule has 6 nitrogen and oxygen atoms in total. The van der Waals surface area contributed by atoms with Gasteiger partial charge >= 0.3 is 11.7 Å². The molecule has 0 saturated carbocycles. The lowest BCUT2D eigenvalue weighted by atomic mass is 9.98. The van der Waals surface area contributed by atoms with Gasteiger partial charge in [-0.2, -0.15) is 0 Å². The second kappa shape index (κ2) is 6.36. The van der Waals surface area contributed by atoms with Gasteiger partial charge in [0.25, 0.3) is 0 Å². The molecule has 1 aromatic heterocycles. The van der Waals surface area contributed by atoms with Crippen molar-refractivity contribution in [3.05, 3.63) is 34.8 Å². The van der Waals surface area contributed by atoms with Crippen LogP contribution in [0.3, 0.4) is 0 Å². The highest BCUT2D eigenvalue weighted by Crippen LogP contribution is 2.19. The normalized spacial score (nSPS) is 19.4. The van der Waals surface area contributed by atoms with Gasteiger partial charge in [-0.15, -0.1) is 0 Å². The van der Waals surface area contributed by atoms with Crippen LogP contribution in [-0.2, 0) is 16.2 Å². The highest BCUT2D eigenvalue weighted by Gasteiger charge is 2.27. The van der Waals surface area contributed by atoms with E-state index in [-0.39, 0.29) is 17.6 Å². The number of hydrogen-bond acceptors (Lipinski definition) is 5. The highest BCUT2D eigenvalue weighted by atomic mass is 16.5. The molecule has 1 aliphatic rings. The number of para-hydroxylation sites is 2. The summed E-state index contributed by atoms with van der Waals surface area (Å²) in [5.41, 5.74) is 1.37. The van der Waals surface area contributed by atoms with E-state index in [0.29, 0.717) is 25.4 Å². The first kappa shape index (κ1) is 14.8. The molecule has 0 amide bonds. The molecular formula is C16H20N2O4. The van der Waals surface area contributed by atoms with Gasteiger partial charge < -0.3 is 9.15 Å². The molecule has 22 heavy (non-hydrogen) atoms. The van der Waals surface area contributed by atoms with Crippen molar-refractivity contribution < 1.29 is 13.9 Å². The lowest BCUT2D eigenvalue weighted by Gasteiger charge is -2.31. The number of carbonyl (C=O) groups is 1. The first-order valence-corrected chi connectivity index (χ1v) is 7.66. The van der Waals surface area contributed by atoms with E-state index in [2.05, 4.69) is 4.90 Å². The van der Waals surface area contributed by atoms with E-state index >= 15 is 0 Å². The molecule has 2 aromatic rings. The molecule has 1 aromatic carbocycles. The topological polar surface area (TPSA) is 64.7 Å². The molecule has 1 atom stereocenters. The Morgan fingerprint density at radius 1 is 1.41 bits per heavy atom. The second-order valence-corrected chi connectivity index (χ2v) is 5.57. The fourth-order valence-electron chi connectivity index (χ4n) is 2.98. The molecular weight excluding hydrogens is 284 g/mol. The van der Waals surface area contributed by atoms with E-state index in [9.17, 15) is 9.59 Å². The number of hydrogen-bond donors (Lipinski definition) is 0. The molecule has 0 aliphatic carbocycles. The van der Waals surface area contributed by atoms with Crippen molar-refractivity contribution in [1.29, 1.82) is 0 Å². The summed E-state index contributed by atoms with van der Waals surface area (Å²) < 4.78 is 12.0. The molecule has 6 heteroatoms. The summed E-state index contributed by atoms with van der Waals surface area (Å²) >= 11 is 0. The summed E-state index contributed by atoms with van der Waals surface area (Å²) in [5.74, 6) is -0.612. The Morgan fingerprint density at radius 3 is 3.05 bits per heavy atom. The number of oxazole rings is 1. The minimum Gasteiger partial charge on any atom is -0.466 e. The number of aromatic nitrogens is 1. The Bertz CT molecular complexity index is 718. The maximum absolute atomic E-state index is 12.0. The van der Waals surface area contributed by atoms with Crippen LogP contribution in [0, 0.1) is 5.92 Å². The zero-order valence-corrected chi connectivity index (χ0v) is 12.7. The van der Waals surface area contributed by atoms with Gasteiger partial charge in [0.2, 0.25) is 0 Å². The fraction of sp³-hybridized carbons (Fsp3) is 0.500. The number of esters is 1. The van der Waals surface area contributed by atoms with E-state index in [0.717, 1.165) is 24.9 Å². The molecule has 3 rings (SSSR count). The number of nitrogens with zero attached hydrogens (tertiary/aromatic N) is 2. The van der Waals surface area contributed by atoms with E-state index in [1.165, 1.54) is 0 Å². The van der Waals surface area contributed by atoms with Crippen LogP contribution in [0.2, 0.25) is 0 Å². The Hall–Kier alpha value is -2.08. The maximum Gasteiger partial charge on any atom is 0.421 e. The zero-order chi connectivity index (χ0) is 15.5. The third-order valence-electron chi connectivity index (χ3n) is 4.04. The van der Waals surface area contributed by atoms with Gasteiger partial charge in [0, 0.05) is 6.54 Å². The van der Waals surface area contributed by atoms with Gasteiger partial charge in [0.15, 0.2) is 5.58 Å². The first-order chi connectivity index (χ1) is 10.7. The summed E-state index contributed by atoms with van der Waals surface area (Å²) in [6.45, 7) is 4.13. The molecule has 0 unspecified atom stereocenters. The maximum atomic E-state index is 12.0. The Kier molecular flexibility index (Phi) is 4.29. The predicted molar refractivity (Wildman–Crippen MR) is 81.4 cm³/mol. The zero-order valence-electron chi connectivity index (χ0n) is 12.7. The monoisotopic (exact) mass is 304 g/mol. The van der Waals surface area contributed by atoms with Gasteiger partial charge in [0.05, 0.1) is 24.7 Å². The summed E-state index contributed by atoms with van der Waals surface area (Å²) in [7, 11) is 0. The third-order valence-corrected chi connectivity index (χ3v) is 4.04. The van der Waals surface area contributed by atoms with Crippen LogP contribution < -0.4 is 5.76 Å². The van der Waals surface area contributed by atoms with E-state index in [4.69, 9.17) is 9.15 Å². The quantitative estimate of drug-likeness (QED) is 0.806. The van der Waals surface area contributed by atoms with Crippen molar-refractivity contribution in [3.63, 3.8) is 0 Å². The summed E-state index contributed by atoms with van der Waals surface area (Å²) in [4.78, 5) is 26.0. The molecule has 1 aliphatic heterocycles. The summed E-state index contributed by atoms with van der Waals surface area (Å²) in [5, 5.41) is 0. The van der Waals surface area contributed by atoms with Crippen LogP contribution in [0.25, 0.3) is 11.1 Å². The standard InChI is InChI=1S/C16H20N2O4/c1-2-21-15(19)12-6-5-9-17(10-12)11-18-13-7-3-4-8-14(13)22-16(18)20/h3-4,7-8,12H,2,5-6,9-11H2,1H3/t12-/m1/s1. The van der Waals surface area contributed by atoms with Gasteiger partial charge in [-0.3, -0.25) is 14.3 Å². The number of benzene rings is 1. The number of ether oxygens (including phenoxy) is 1. The number of carbonyl (C=O) groups excluding carboxylic acids is 1. The third kappa shape index (κ3) is 2.92. The Morgan fingerprint density at radius 2 is 2.23 bits per heavy atom. The molecule has 118 valence electrons. The van der Waals surface area contributed by atoms with Crippen LogP contribution in [0.4, 0.5) is 0 Å². The van der Waals surface area contributed by atoms with Crippen LogP contribution in [0.5, 0.6) is 0 Å². The smallest absolute Gasteiger partial charge is 0.421 e. The summed E-state index contributed by atoms with van der Waals surface area (Å²) in [6, 6.07) is 7.37. The fourth-order valence-corrected chi connectivity index (χ4v) is 2.98. The van der Waals surface area contributed by atoms with E-state index in [1.807, 2.05) is 25.1 Å². The van der Waals surface area contributed by atoms with Crippen molar-refractivity contribution in [3.8, 4) is 0 Å². The van der Waals surface area contributed by atoms with Crippen molar-refractivity contribution in [2.75, 3.05) is 19.7 Å². The van der Waals surface area contributed by atoms with Crippen molar-refractivity contribution in [2.45, 2.75) is 26.4 Å². The molecule has 1 fully saturated rings. The van der Waals surface area contributed by atoms with Crippen LogP contribution >= 0.6 is 0 Å². The lowest BCUT2D eigenvalue weighted by molar-refractivity contribution is -0.150. The van der Waals surface area contributed by atoms with Gasteiger partial charge in [-0.05, 0) is 38.4 Å². The molecule has 0 radical (unpaired) electrons. The molecule has 2 heterocycles. The van der Waals surface area contributed by atoms with Crippen molar-refractivity contribution in [1.82, 2.24) is 9.47 Å². The second-order valence-electron chi connectivity index (χ2n) is 5.57. The van der Waals surface area contributed by atoms with E-state index < -0.39 is 0 Å². The van der Waals surface area contributed by atoms with E-state index in [1.54, 1.807) is 10.6 Å².